The molecule has 0 saturated carbocycles. The fourth-order valence-electron chi connectivity index (χ4n) is 14.4. The quantitative estimate of drug-likeness (QED) is 0.0223. The van der Waals surface area contributed by atoms with Gasteiger partial charge in [-0.1, -0.05) is 225 Å². The molecule has 0 spiro atoms. The van der Waals surface area contributed by atoms with Crippen LogP contribution in [0.3, 0.4) is 0 Å². The van der Waals surface area contributed by atoms with Crippen LogP contribution in [0.4, 0.5) is 9.59 Å². The number of amides is 2. The molecule has 4 aliphatic rings. The molecule has 19 nitrogen and oxygen atoms in total. The summed E-state index contributed by atoms with van der Waals surface area (Å²) in [6.45, 7) is 35.4. The van der Waals surface area contributed by atoms with Crippen LogP contribution < -0.4 is 21.1 Å². The lowest BCUT2D eigenvalue weighted by atomic mass is 9.95. The van der Waals surface area contributed by atoms with Crippen LogP contribution in [-0.2, 0) is 48.9 Å². The van der Waals surface area contributed by atoms with Crippen LogP contribution in [0, 0.1) is 23.7 Å². The summed E-state index contributed by atoms with van der Waals surface area (Å²) in [7, 11) is -1.16. The van der Waals surface area contributed by atoms with Gasteiger partial charge in [-0.15, -0.1) is 0 Å². The van der Waals surface area contributed by atoms with E-state index in [1.165, 1.54) is 44.5 Å². The maximum Gasteiger partial charge on any atom is 0.407 e. The maximum absolute atomic E-state index is 12.9. The summed E-state index contributed by atoms with van der Waals surface area (Å²) < 4.78 is 59.8. The first-order chi connectivity index (χ1) is 56.0. The van der Waals surface area contributed by atoms with Gasteiger partial charge in [0.2, 0.25) is 0 Å². The topological polar surface area (TPSA) is 255 Å². The van der Waals surface area contributed by atoms with Crippen LogP contribution in [0.5, 0.6) is 0 Å². The zero-order valence-corrected chi connectivity index (χ0v) is 72.8. The Morgan fingerprint density at radius 3 is 1.00 bits per heavy atom. The number of hydrogen-bond acceptors (Lipinski definition) is 16. The number of carbonyl (C=O) groups excluding carboxylic acids is 6. The van der Waals surface area contributed by atoms with E-state index in [9.17, 15) is 33.0 Å². The summed E-state index contributed by atoms with van der Waals surface area (Å²) in [5, 5.41) is 6.05. The molecule has 0 radical (unpaired) electrons. The van der Waals surface area contributed by atoms with Crippen molar-refractivity contribution in [3.05, 3.63) is 261 Å². The third kappa shape index (κ3) is 26.7. The van der Waals surface area contributed by atoms with Gasteiger partial charge in [0.15, 0.2) is 24.1 Å². The fourth-order valence-corrected chi connectivity index (χ4v) is 15.3. The van der Waals surface area contributed by atoms with Gasteiger partial charge in [0.1, 0.15) is 37.6 Å². The monoisotopic (exact) mass is 1630 g/mol. The van der Waals surface area contributed by atoms with Gasteiger partial charge in [0, 0.05) is 48.3 Å². The van der Waals surface area contributed by atoms with Crippen molar-refractivity contribution in [2.75, 3.05) is 39.6 Å². The van der Waals surface area contributed by atoms with E-state index in [1.807, 2.05) is 199 Å². The van der Waals surface area contributed by atoms with Gasteiger partial charge in [0.25, 0.3) is 0 Å². The third-order valence-corrected chi connectivity index (χ3v) is 22.4. The highest BCUT2D eigenvalue weighted by molar-refractivity contribution is 7.84. The van der Waals surface area contributed by atoms with Gasteiger partial charge in [-0.05, 0) is 216 Å². The minimum atomic E-state index is -1.16. The summed E-state index contributed by atoms with van der Waals surface area (Å²) in [6, 6.07) is 61.9. The molecule has 2 amide bonds. The third-order valence-electron chi connectivity index (χ3n) is 20.8. The van der Waals surface area contributed by atoms with Crippen molar-refractivity contribution < 1.29 is 70.9 Å². The Bertz CT molecular complexity index is 4530. The number of fused-ring (bicyclic) bond motifs is 6. The van der Waals surface area contributed by atoms with E-state index < -0.39 is 34.4 Å². The van der Waals surface area contributed by atoms with Gasteiger partial charge in [-0.3, -0.25) is 9.59 Å². The summed E-state index contributed by atoms with van der Waals surface area (Å²) in [5.74, 6) is 0.116. The summed E-state index contributed by atoms with van der Waals surface area (Å²) >= 11 is 0. The van der Waals surface area contributed by atoms with Crippen molar-refractivity contribution in [3.8, 4) is 22.3 Å². The molecule has 2 aliphatic carbocycles. The molecular formula is C98H124N4O15S. The predicted octanol–water partition coefficient (Wildman–Crippen LogP) is 21.0. The molecule has 0 bridgehead atoms. The van der Waals surface area contributed by atoms with Crippen molar-refractivity contribution in [1.82, 2.24) is 15.4 Å². The molecule has 8 aromatic carbocycles. The van der Waals surface area contributed by atoms with E-state index in [4.69, 9.17) is 43.6 Å². The average Bonchev–Trinajstić information content (AvgIpc) is 1.62. The molecule has 2 fully saturated rings. The second kappa shape index (κ2) is 42.9. The average molecular weight is 1630 g/mol. The lowest BCUT2D eigenvalue weighted by Crippen LogP contribution is -2.37. The van der Waals surface area contributed by atoms with Crippen LogP contribution in [-0.4, -0.2) is 108 Å². The molecule has 0 aromatic heterocycles. The van der Waals surface area contributed by atoms with Crippen molar-refractivity contribution in [3.63, 3.8) is 0 Å². The number of ether oxygens (including phenoxy) is 8. The standard InChI is InChI=1S/C32H35NO5.C30H33NO4.C19H31NO3S.C17H25NO3/c1-21(2)31(23-16-14-22(15-17-23)29(34)20-37-30-13-7-8-18-36-30)33-32(35)38-19-28-26-11-5-3-9-24(26)25-10-4-6-12-27(25)28;1-19(2)27(20-14-16-21(17-15-20)28(32)35-30(3,4)5)31-29(33)34-18-26-24-12-8-6-10-22(24)23-11-7-9-13-25(23)26;1-13(2)16(20-24(22)19(6,7)8)14-9-11-15(12-10-14)17(21)23-18(3,4)5;1-12(2)17(18)14-8-6-13(7-9-14)15(19)11-21-16-5-3-4-10-20-16/h3-6,9-12,14-17,21,28,30-31H,7-8,13,18-20H2,1-2H3,(H,33,35);6-17,19,26-27H,18H2,1-5H3,(H,31,33);9-13,16,20H,1-8H3;6-9,12,16-17H,3-5,10-11,18H2,1-2H3/t30?,31-;27-;16-,24-;16?,17-/m0010/s1. The van der Waals surface area contributed by atoms with Gasteiger partial charge in [-0.25, -0.2) is 28.1 Å². The highest BCUT2D eigenvalue weighted by Crippen LogP contribution is 2.46. The van der Waals surface area contributed by atoms with Crippen LogP contribution in [0.1, 0.15) is 278 Å². The Labute approximate surface area is 701 Å². The van der Waals surface area contributed by atoms with Crippen LogP contribution in [0.2, 0.25) is 0 Å². The minimum absolute atomic E-state index is 0.000964. The summed E-state index contributed by atoms with van der Waals surface area (Å²) in [5.41, 5.74) is 20.7. The number of carbonyl (C=O) groups is 6. The Morgan fingerprint density at radius 1 is 0.407 bits per heavy atom. The maximum atomic E-state index is 12.9. The molecule has 5 N–H and O–H groups in total. The number of nitrogens with two attached hydrogens (primary N) is 1. The van der Waals surface area contributed by atoms with E-state index in [1.54, 1.807) is 36.4 Å². The Hall–Kier alpha value is -9.51. The van der Waals surface area contributed by atoms with Gasteiger partial charge in [-0.2, -0.15) is 0 Å². The number of esters is 2. The largest absolute Gasteiger partial charge is 0.456 e. The zero-order valence-electron chi connectivity index (χ0n) is 72.0. The SMILES string of the molecule is CC(C)[C@@H](N[S@](=O)C(C)(C)C)c1ccc(C(=O)OC(C)(C)C)cc1.CC(C)[C@H](N)c1ccc(C(=O)COC2CCCCO2)cc1.CC(C)[C@H](NC(=O)OCC1c2ccccc2-c2ccccc21)c1ccc(C(=O)COC2CCCCO2)cc1.CC(C)[C@H](NC(=O)OCC1c2ccccc2-c2ccccc21)c1ccc(C(=O)OC(C)(C)C)cc1. The Balaban J connectivity index is 0.000000185. The van der Waals surface area contributed by atoms with E-state index in [0.717, 1.165) is 67.4 Å². The normalized spacial score (nSPS) is 16.4. The molecule has 2 heterocycles. The molecule has 632 valence electrons. The molecule has 20 heteroatoms. The zero-order chi connectivity index (χ0) is 85.6. The predicted molar refractivity (Wildman–Crippen MR) is 466 cm³/mol. The first kappa shape index (κ1) is 92.4. The van der Waals surface area contributed by atoms with Crippen LogP contribution in [0.25, 0.3) is 22.3 Å². The number of benzene rings is 8. The summed E-state index contributed by atoms with van der Waals surface area (Å²) in [4.78, 5) is 74.9. The second-order valence-corrected chi connectivity index (χ2v) is 36.9. The van der Waals surface area contributed by atoms with Crippen LogP contribution in [0.15, 0.2) is 194 Å². The number of ketones is 2. The van der Waals surface area contributed by atoms with Gasteiger partial charge in [0.05, 0.1) is 38.9 Å². The molecule has 12 rings (SSSR count). The number of alkyl carbamates (subject to hydrolysis) is 2. The molecule has 2 unspecified atom stereocenters. The molecular weight excluding hydrogens is 1510 g/mol. The van der Waals surface area contributed by atoms with E-state index >= 15 is 0 Å². The highest BCUT2D eigenvalue weighted by Gasteiger charge is 2.34. The number of nitrogens with one attached hydrogen (secondary N) is 3. The van der Waals surface area contributed by atoms with Gasteiger partial charge < -0.3 is 54.3 Å². The lowest BCUT2D eigenvalue weighted by Gasteiger charge is -2.27. The van der Waals surface area contributed by atoms with Crippen molar-refractivity contribution in [1.29, 1.82) is 0 Å². The van der Waals surface area contributed by atoms with Crippen molar-refractivity contribution in [2.24, 2.45) is 29.4 Å². The lowest BCUT2D eigenvalue weighted by molar-refractivity contribution is -0.155. The molecule has 8 aromatic rings. The second-order valence-electron chi connectivity index (χ2n) is 34.9. The first-order valence-electron chi connectivity index (χ1n) is 41.6. The number of Topliss-reactive ketones (excluding diaryl/α,β-unsaturated/α-hetero) is 2. The number of rotatable bonds is 26. The Kier molecular flexibility index (Phi) is 33.6. The smallest absolute Gasteiger partial charge is 0.407 e. The molecule has 7 atom stereocenters. The highest BCUT2D eigenvalue weighted by atomic mass is 32.2. The minimum Gasteiger partial charge on any atom is -0.456 e. The molecule has 2 aliphatic heterocycles. The Morgan fingerprint density at radius 2 is 0.712 bits per heavy atom. The van der Waals surface area contributed by atoms with E-state index in [2.05, 4.69) is 91.6 Å². The fraction of sp³-hybridized carbons (Fsp3) is 0.449. The van der Waals surface area contributed by atoms with Gasteiger partial charge >= 0.3 is 24.1 Å². The van der Waals surface area contributed by atoms with E-state index in [0.29, 0.717) is 34.8 Å². The first-order valence-corrected chi connectivity index (χ1v) is 42.7. The summed E-state index contributed by atoms with van der Waals surface area (Å²) in [6.07, 6.45) is 4.53. The molecule has 2 saturated heterocycles. The van der Waals surface area contributed by atoms with E-state index in [-0.39, 0.29) is 121 Å². The van der Waals surface area contributed by atoms with Crippen molar-refractivity contribution in [2.45, 2.75) is 221 Å². The van der Waals surface area contributed by atoms with Crippen LogP contribution >= 0.6 is 0 Å². The molecule has 118 heavy (non-hydrogen) atoms. The number of hydrogen-bond donors (Lipinski definition) is 4. The van der Waals surface area contributed by atoms with Crippen molar-refractivity contribution >= 4 is 46.7 Å².